The van der Waals surface area contributed by atoms with Crippen molar-refractivity contribution in [2.24, 2.45) is 5.92 Å². The lowest BCUT2D eigenvalue weighted by atomic mass is 9.97. The third kappa shape index (κ3) is 3.92. The van der Waals surface area contributed by atoms with Gasteiger partial charge in [0.05, 0.1) is 18.1 Å². The Hall–Kier alpha value is -2.56. The van der Waals surface area contributed by atoms with Crippen LogP contribution in [0, 0.1) is 26.7 Å². The third-order valence-corrected chi connectivity index (χ3v) is 5.25. The van der Waals surface area contributed by atoms with Gasteiger partial charge >= 0.3 is 5.97 Å². The third-order valence-electron chi connectivity index (χ3n) is 5.25. The summed E-state index contributed by atoms with van der Waals surface area (Å²) in [5.74, 6) is -0.417. The van der Waals surface area contributed by atoms with Gasteiger partial charge in [-0.15, -0.1) is 0 Å². The molecule has 2 aromatic rings. The van der Waals surface area contributed by atoms with Crippen LogP contribution in [0.3, 0.4) is 0 Å². The van der Waals surface area contributed by atoms with Gasteiger partial charge in [0.15, 0.2) is 0 Å². The average molecular weight is 368 g/mol. The van der Waals surface area contributed by atoms with E-state index in [0.717, 1.165) is 29.9 Å². The van der Waals surface area contributed by atoms with Crippen LogP contribution in [-0.4, -0.2) is 41.0 Å². The highest BCUT2D eigenvalue weighted by molar-refractivity contribution is 5.96. The van der Waals surface area contributed by atoms with Gasteiger partial charge in [-0.2, -0.15) is 0 Å². The van der Waals surface area contributed by atoms with E-state index < -0.39 is 0 Å². The highest BCUT2D eigenvalue weighted by Gasteiger charge is 2.31. The maximum Gasteiger partial charge on any atom is 0.310 e. The van der Waals surface area contributed by atoms with Crippen LogP contribution < -0.4 is 0 Å². The number of ether oxygens (including phenoxy) is 1. The summed E-state index contributed by atoms with van der Waals surface area (Å²) in [6.07, 6.45) is 1.61. The predicted molar refractivity (Wildman–Crippen MR) is 105 cm³/mol. The molecule has 1 aliphatic heterocycles. The predicted octanol–water partition coefficient (Wildman–Crippen LogP) is 3.82. The number of esters is 1. The van der Waals surface area contributed by atoms with Crippen molar-refractivity contribution in [3.05, 3.63) is 52.8 Å². The summed E-state index contributed by atoms with van der Waals surface area (Å²) in [6.45, 7) is 9.37. The number of hydrogen-bond acceptors (Lipinski definition) is 3. The van der Waals surface area contributed by atoms with Gasteiger partial charge in [0.1, 0.15) is 0 Å². The molecule has 1 fully saturated rings. The van der Waals surface area contributed by atoms with Gasteiger partial charge < -0.3 is 14.2 Å². The number of carbonyl (C=O) groups is 2. The van der Waals surface area contributed by atoms with E-state index in [-0.39, 0.29) is 17.8 Å². The number of piperidine rings is 1. The van der Waals surface area contributed by atoms with Crippen LogP contribution in [0.2, 0.25) is 0 Å². The number of aromatic nitrogens is 1. The van der Waals surface area contributed by atoms with E-state index in [4.69, 9.17) is 4.74 Å². The number of rotatable bonds is 4. The van der Waals surface area contributed by atoms with Crippen molar-refractivity contribution in [1.29, 1.82) is 0 Å². The van der Waals surface area contributed by atoms with Crippen molar-refractivity contribution in [2.45, 2.75) is 40.5 Å². The summed E-state index contributed by atoms with van der Waals surface area (Å²) in [5.41, 5.74) is 4.91. The van der Waals surface area contributed by atoms with Crippen molar-refractivity contribution in [2.75, 3.05) is 19.7 Å². The Morgan fingerprint density at radius 3 is 2.67 bits per heavy atom. The second kappa shape index (κ2) is 7.99. The maximum atomic E-state index is 13.2. The topological polar surface area (TPSA) is 51.5 Å². The molecule has 1 amide bonds. The molecule has 0 aliphatic carbocycles. The second-order valence-electron chi connectivity index (χ2n) is 7.30. The van der Waals surface area contributed by atoms with Crippen molar-refractivity contribution in [3.8, 4) is 5.69 Å². The van der Waals surface area contributed by atoms with Crippen LogP contribution in [0.4, 0.5) is 0 Å². The first-order valence-electron chi connectivity index (χ1n) is 9.64. The Bertz CT molecular complexity index is 853. The molecular weight excluding hydrogens is 340 g/mol. The first-order chi connectivity index (χ1) is 12.9. The summed E-state index contributed by atoms with van der Waals surface area (Å²) in [4.78, 5) is 27.1. The number of likely N-dealkylation sites (tertiary alicyclic amines) is 1. The quantitative estimate of drug-likeness (QED) is 0.771. The molecular formula is C22H28N2O3. The van der Waals surface area contributed by atoms with Gasteiger partial charge in [0.25, 0.3) is 5.91 Å². The maximum absolute atomic E-state index is 13.2. The van der Waals surface area contributed by atoms with E-state index in [0.29, 0.717) is 25.3 Å². The van der Waals surface area contributed by atoms with Gasteiger partial charge in [0, 0.05) is 30.2 Å². The molecule has 0 N–H and O–H groups in total. The van der Waals surface area contributed by atoms with Crippen molar-refractivity contribution in [1.82, 2.24) is 9.47 Å². The molecule has 1 unspecified atom stereocenters. The van der Waals surface area contributed by atoms with Crippen molar-refractivity contribution >= 4 is 11.9 Å². The van der Waals surface area contributed by atoms with E-state index in [2.05, 4.69) is 29.7 Å². The Balaban J connectivity index is 1.85. The standard InChI is InChI=1S/C22H28N2O3/c1-5-27-22(26)18-9-7-11-23(14-18)21(25)20-13-16(3)24(17(20)4)19-10-6-8-15(2)12-19/h6,8,10,12-13,18H,5,7,9,11,14H2,1-4H3. The summed E-state index contributed by atoms with van der Waals surface area (Å²) in [5, 5.41) is 0. The fourth-order valence-electron chi connectivity index (χ4n) is 3.93. The summed E-state index contributed by atoms with van der Waals surface area (Å²) < 4.78 is 7.27. The van der Waals surface area contributed by atoms with Gasteiger partial charge in [-0.25, -0.2) is 0 Å². The van der Waals surface area contributed by atoms with Gasteiger partial charge in [-0.05, 0) is 64.3 Å². The molecule has 5 heteroatoms. The van der Waals surface area contributed by atoms with Crippen LogP contribution in [0.25, 0.3) is 5.69 Å². The van der Waals surface area contributed by atoms with E-state index in [1.54, 1.807) is 4.90 Å². The molecule has 1 saturated heterocycles. The minimum absolute atomic E-state index is 0.00370. The Morgan fingerprint density at radius 2 is 1.96 bits per heavy atom. The molecule has 0 radical (unpaired) electrons. The van der Waals surface area contributed by atoms with Crippen LogP contribution in [0.15, 0.2) is 30.3 Å². The van der Waals surface area contributed by atoms with Gasteiger partial charge in [-0.3, -0.25) is 9.59 Å². The summed E-state index contributed by atoms with van der Waals surface area (Å²) in [6, 6.07) is 10.2. The van der Waals surface area contributed by atoms with E-state index in [1.165, 1.54) is 5.56 Å². The smallest absolute Gasteiger partial charge is 0.310 e. The molecule has 0 bridgehead atoms. The fourth-order valence-corrected chi connectivity index (χ4v) is 3.93. The normalized spacial score (nSPS) is 17.0. The highest BCUT2D eigenvalue weighted by Crippen LogP contribution is 2.25. The van der Waals surface area contributed by atoms with Crippen LogP contribution in [-0.2, 0) is 9.53 Å². The number of carbonyl (C=O) groups excluding carboxylic acids is 2. The minimum Gasteiger partial charge on any atom is -0.466 e. The molecule has 1 aliphatic rings. The molecule has 27 heavy (non-hydrogen) atoms. The number of amides is 1. The number of aryl methyl sites for hydroxylation is 2. The molecule has 1 atom stereocenters. The molecule has 0 saturated carbocycles. The Kier molecular flexibility index (Phi) is 5.68. The number of benzene rings is 1. The number of nitrogens with zero attached hydrogens (tertiary/aromatic N) is 2. The summed E-state index contributed by atoms with van der Waals surface area (Å²) in [7, 11) is 0. The molecule has 0 spiro atoms. The van der Waals surface area contributed by atoms with Gasteiger partial charge in [-0.1, -0.05) is 12.1 Å². The van der Waals surface area contributed by atoms with Crippen molar-refractivity contribution in [3.63, 3.8) is 0 Å². The van der Waals surface area contributed by atoms with Crippen LogP contribution >= 0.6 is 0 Å². The zero-order valence-corrected chi connectivity index (χ0v) is 16.6. The monoisotopic (exact) mass is 368 g/mol. The highest BCUT2D eigenvalue weighted by atomic mass is 16.5. The minimum atomic E-state index is -0.220. The largest absolute Gasteiger partial charge is 0.466 e. The van der Waals surface area contributed by atoms with E-state index >= 15 is 0 Å². The number of hydrogen-bond donors (Lipinski definition) is 0. The van der Waals surface area contributed by atoms with Gasteiger partial charge in [0.2, 0.25) is 0 Å². The summed E-state index contributed by atoms with van der Waals surface area (Å²) >= 11 is 0. The zero-order chi connectivity index (χ0) is 19.6. The lowest BCUT2D eigenvalue weighted by Crippen LogP contribution is -2.43. The van der Waals surface area contributed by atoms with E-state index in [9.17, 15) is 9.59 Å². The molecule has 144 valence electrons. The first-order valence-corrected chi connectivity index (χ1v) is 9.64. The zero-order valence-electron chi connectivity index (χ0n) is 16.6. The second-order valence-corrected chi connectivity index (χ2v) is 7.30. The molecule has 1 aromatic carbocycles. The Morgan fingerprint density at radius 1 is 1.19 bits per heavy atom. The van der Waals surface area contributed by atoms with Crippen molar-refractivity contribution < 1.29 is 14.3 Å². The van der Waals surface area contributed by atoms with Crippen LogP contribution in [0.1, 0.15) is 47.1 Å². The lowest BCUT2D eigenvalue weighted by Gasteiger charge is -2.31. The molecule has 1 aromatic heterocycles. The molecule has 2 heterocycles. The SMILES string of the molecule is CCOC(=O)C1CCCN(C(=O)c2cc(C)n(-c3cccc(C)c3)c2C)C1. The first kappa shape index (κ1) is 19.2. The van der Waals surface area contributed by atoms with E-state index in [1.807, 2.05) is 32.9 Å². The lowest BCUT2D eigenvalue weighted by molar-refractivity contribution is -0.149. The molecule has 5 nitrogen and oxygen atoms in total. The Labute approximate surface area is 160 Å². The van der Waals surface area contributed by atoms with Crippen LogP contribution in [0.5, 0.6) is 0 Å². The molecule has 3 rings (SSSR count). The fraction of sp³-hybridized carbons (Fsp3) is 0.455. The average Bonchev–Trinajstić information content (AvgIpc) is 2.95.